The molecule has 0 unspecified atom stereocenters. The van der Waals surface area contributed by atoms with Crippen LogP contribution >= 0.6 is 11.8 Å². The number of rotatable bonds is 8. The lowest BCUT2D eigenvalue weighted by atomic mass is 10.1. The Balaban J connectivity index is 1.53. The van der Waals surface area contributed by atoms with Crippen LogP contribution in [0, 0.1) is 0 Å². The third-order valence-electron chi connectivity index (χ3n) is 4.52. The largest absolute Gasteiger partial charge is 0.326 e. The lowest BCUT2D eigenvalue weighted by molar-refractivity contribution is -0.114. The number of hydrazone groups is 1. The number of benzene rings is 3. The molecule has 0 aliphatic rings. The Morgan fingerprint density at radius 3 is 2.16 bits per heavy atom. The number of amides is 2. The van der Waals surface area contributed by atoms with Crippen LogP contribution in [0.3, 0.4) is 0 Å². The number of anilines is 1. The van der Waals surface area contributed by atoms with Crippen molar-refractivity contribution in [3.63, 3.8) is 0 Å². The molecular formula is C25H25N3O2S. The molecule has 2 amide bonds. The van der Waals surface area contributed by atoms with Gasteiger partial charge in [-0.1, -0.05) is 54.6 Å². The van der Waals surface area contributed by atoms with E-state index in [1.807, 2.05) is 72.4 Å². The van der Waals surface area contributed by atoms with Gasteiger partial charge < -0.3 is 5.32 Å². The van der Waals surface area contributed by atoms with E-state index in [1.54, 1.807) is 13.0 Å². The first kappa shape index (κ1) is 22.3. The average molecular weight is 432 g/mol. The molecule has 3 rings (SSSR count). The zero-order valence-corrected chi connectivity index (χ0v) is 18.4. The van der Waals surface area contributed by atoms with Gasteiger partial charge in [-0.05, 0) is 47.9 Å². The molecule has 0 radical (unpaired) electrons. The third-order valence-corrected chi connectivity index (χ3v) is 5.60. The highest BCUT2D eigenvalue weighted by atomic mass is 32.2. The predicted octanol–water partition coefficient (Wildman–Crippen LogP) is 5.23. The van der Waals surface area contributed by atoms with E-state index in [-0.39, 0.29) is 11.8 Å². The number of nitrogens with one attached hydrogen (secondary N) is 2. The molecule has 0 saturated heterocycles. The third kappa shape index (κ3) is 7.12. The maximum Gasteiger partial charge on any atom is 0.271 e. The van der Waals surface area contributed by atoms with Gasteiger partial charge in [-0.15, -0.1) is 0 Å². The van der Waals surface area contributed by atoms with Gasteiger partial charge in [0.2, 0.25) is 5.91 Å². The molecule has 0 aromatic heterocycles. The van der Waals surface area contributed by atoms with Gasteiger partial charge in [-0.2, -0.15) is 16.9 Å². The number of thioether (sulfide) groups is 1. The van der Waals surface area contributed by atoms with Crippen molar-refractivity contribution in [2.45, 2.75) is 25.4 Å². The monoisotopic (exact) mass is 431 g/mol. The van der Waals surface area contributed by atoms with Gasteiger partial charge in [-0.3, -0.25) is 9.59 Å². The van der Waals surface area contributed by atoms with E-state index in [9.17, 15) is 9.59 Å². The van der Waals surface area contributed by atoms with Gasteiger partial charge >= 0.3 is 0 Å². The lowest BCUT2D eigenvalue weighted by Gasteiger charge is -2.07. The van der Waals surface area contributed by atoms with Gasteiger partial charge in [0, 0.05) is 29.7 Å². The maximum absolute atomic E-state index is 12.4. The average Bonchev–Trinajstić information content (AvgIpc) is 2.78. The smallest absolute Gasteiger partial charge is 0.271 e. The van der Waals surface area contributed by atoms with Crippen LogP contribution in [0.5, 0.6) is 0 Å². The SMILES string of the molecule is CC(=O)Nc1cccc(/C(C)=N/NC(=O)c2ccc(CSCc3ccccc3)cc2)c1. The molecule has 0 bridgehead atoms. The van der Waals surface area contributed by atoms with Crippen molar-refractivity contribution < 1.29 is 9.59 Å². The van der Waals surface area contributed by atoms with Gasteiger partial charge in [0.05, 0.1) is 5.71 Å². The summed E-state index contributed by atoms with van der Waals surface area (Å²) in [4.78, 5) is 23.6. The summed E-state index contributed by atoms with van der Waals surface area (Å²) >= 11 is 1.84. The number of nitrogens with zero attached hydrogens (tertiary/aromatic N) is 1. The molecule has 158 valence electrons. The van der Waals surface area contributed by atoms with E-state index in [0.717, 1.165) is 17.1 Å². The van der Waals surface area contributed by atoms with Crippen molar-refractivity contribution in [3.8, 4) is 0 Å². The number of carbonyl (C=O) groups is 2. The Hall–Kier alpha value is -3.38. The summed E-state index contributed by atoms with van der Waals surface area (Å²) in [5.74, 6) is 1.45. The highest BCUT2D eigenvalue weighted by Crippen LogP contribution is 2.18. The minimum absolute atomic E-state index is 0.137. The summed E-state index contributed by atoms with van der Waals surface area (Å²) in [6.45, 7) is 3.27. The van der Waals surface area contributed by atoms with Gasteiger partial charge in [0.25, 0.3) is 5.91 Å². The Morgan fingerprint density at radius 1 is 0.806 bits per heavy atom. The molecule has 0 aliphatic carbocycles. The van der Waals surface area contributed by atoms with E-state index in [2.05, 4.69) is 28.0 Å². The van der Waals surface area contributed by atoms with Crippen LogP contribution in [0.25, 0.3) is 0 Å². The second kappa shape index (κ2) is 11.1. The summed E-state index contributed by atoms with van der Waals surface area (Å²) < 4.78 is 0. The number of hydrogen-bond acceptors (Lipinski definition) is 4. The molecule has 0 fully saturated rings. The fourth-order valence-corrected chi connectivity index (χ4v) is 3.86. The molecule has 31 heavy (non-hydrogen) atoms. The van der Waals surface area contributed by atoms with Crippen molar-refractivity contribution in [2.24, 2.45) is 5.10 Å². The Morgan fingerprint density at radius 2 is 1.48 bits per heavy atom. The fourth-order valence-electron chi connectivity index (χ4n) is 2.90. The fraction of sp³-hybridized carbons (Fsp3) is 0.160. The van der Waals surface area contributed by atoms with Crippen LogP contribution < -0.4 is 10.7 Å². The number of hydrogen-bond donors (Lipinski definition) is 2. The van der Waals surface area contributed by atoms with Crippen LogP contribution in [-0.4, -0.2) is 17.5 Å². The molecule has 0 heterocycles. The quantitative estimate of drug-likeness (QED) is 0.379. The Kier molecular flexibility index (Phi) is 8.01. The summed E-state index contributed by atoms with van der Waals surface area (Å²) in [5.41, 5.74) is 7.78. The van der Waals surface area contributed by atoms with E-state index in [4.69, 9.17) is 0 Å². The van der Waals surface area contributed by atoms with Crippen molar-refractivity contribution in [2.75, 3.05) is 5.32 Å². The lowest BCUT2D eigenvalue weighted by Crippen LogP contribution is -2.19. The van der Waals surface area contributed by atoms with Gasteiger partial charge in [0.1, 0.15) is 0 Å². The van der Waals surface area contributed by atoms with Crippen molar-refractivity contribution >= 4 is 35.0 Å². The van der Waals surface area contributed by atoms with Gasteiger partial charge in [-0.25, -0.2) is 5.43 Å². The standard InChI is InChI=1S/C25H25N3O2S/c1-18(23-9-6-10-24(15-23)26-19(2)29)27-28-25(30)22-13-11-21(12-14-22)17-31-16-20-7-4-3-5-8-20/h3-15H,16-17H2,1-2H3,(H,26,29)(H,28,30)/b27-18+. The summed E-state index contributed by atoms with van der Waals surface area (Å²) in [6.07, 6.45) is 0. The van der Waals surface area contributed by atoms with Crippen LogP contribution in [0.1, 0.15) is 40.9 Å². The molecule has 3 aromatic carbocycles. The second-order valence-electron chi connectivity index (χ2n) is 7.08. The predicted molar refractivity (Wildman–Crippen MR) is 128 cm³/mol. The molecule has 0 spiro atoms. The van der Waals surface area contributed by atoms with Crippen molar-refractivity contribution in [3.05, 3.63) is 101 Å². The minimum atomic E-state index is -0.263. The van der Waals surface area contributed by atoms with E-state index >= 15 is 0 Å². The van der Waals surface area contributed by atoms with Crippen LogP contribution in [0.2, 0.25) is 0 Å². The summed E-state index contributed by atoms with van der Waals surface area (Å²) in [5, 5.41) is 6.93. The molecule has 0 aliphatic heterocycles. The normalized spacial score (nSPS) is 11.1. The molecule has 2 N–H and O–H groups in total. The van der Waals surface area contributed by atoms with E-state index in [1.165, 1.54) is 18.1 Å². The molecule has 6 heteroatoms. The van der Waals surface area contributed by atoms with Crippen LogP contribution in [-0.2, 0) is 16.3 Å². The molecule has 5 nitrogen and oxygen atoms in total. The maximum atomic E-state index is 12.4. The van der Waals surface area contributed by atoms with Crippen molar-refractivity contribution in [1.29, 1.82) is 0 Å². The summed E-state index contributed by atoms with van der Waals surface area (Å²) in [6, 6.07) is 25.3. The second-order valence-corrected chi connectivity index (χ2v) is 8.06. The van der Waals surface area contributed by atoms with Crippen LogP contribution in [0.15, 0.2) is 84.0 Å². The Bertz CT molecular complexity index is 1060. The zero-order chi connectivity index (χ0) is 22.1. The highest BCUT2D eigenvalue weighted by molar-refractivity contribution is 7.97. The van der Waals surface area contributed by atoms with E-state index in [0.29, 0.717) is 17.0 Å². The highest BCUT2D eigenvalue weighted by Gasteiger charge is 2.06. The van der Waals surface area contributed by atoms with Gasteiger partial charge in [0.15, 0.2) is 0 Å². The van der Waals surface area contributed by atoms with Crippen LogP contribution in [0.4, 0.5) is 5.69 Å². The molecule has 0 atom stereocenters. The topological polar surface area (TPSA) is 70.6 Å². The van der Waals surface area contributed by atoms with Crippen molar-refractivity contribution in [1.82, 2.24) is 5.43 Å². The summed E-state index contributed by atoms with van der Waals surface area (Å²) in [7, 11) is 0. The first-order valence-electron chi connectivity index (χ1n) is 9.94. The molecule has 0 saturated carbocycles. The van der Waals surface area contributed by atoms with E-state index < -0.39 is 0 Å². The molecule has 3 aromatic rings. The minimum Gasteiger partial charge on any atom is -0.326 e. The Labute approximate surface area is 187 Å². The zero-order valence-electron chi connectivity index (χ0n) is 17.6. The number of carbonyl (C=O) groups excluding carboxylic acids is 2. The first-order chi connectivity index (χ1) is 15.0. The molecular weight excluding hydrogens is 406 g/mol. The first-order valence-corrected chi connectivity index (χ1v) is 11.1.